The molecule has 2 heterocycles. The minimum Gasteiger partial charge on any atom is -0.496 e. The lowest BCUT2D eigenvalue weighted by Crippen LogP contribution is -2.31. The Bertz CT molecular complexity index is 835. The third kappa shape index (κ3) is 4.04. The highest BCUT2D eigenvalue weighted by molar-refractivity contribution is 7.99. The van der Waals surface area contributed by atoms with Crippen LogP contribution in [0.3, 0.4) is 0 Å². The number of hydrogen-bond donors (Lipinski definition) is 1. The number of rotatable bonds is 6. The predicted octanol–water partition coefficient (Wildman–Crippen LogP) is 1.96. The SMILES string of the molecule is COc1ccccc1CCNC(=O)C[C@@H]1CSc2nc(C)cc(=O)n21. The van der Waals surface area contributed by atoms with Crippen LogP contribution in [-0.4, -0.2) is 34.9 Å². The van der Waals surface area contributed by atoms with E-state index < -0.39 is 0 Å². The number of aryl methyl sites for hydroxylation is 1. The highest BCUT2D eigenvalue weighted by atomic mass is 32.2. The molecule has 0 unspecified atom stereocenters. The number of aromatic nitrogens is 2. The second-order valence-corrected chi connectivity index (χ2v) is 6.96. The molecule has 0 radical (unpaired) electrons. The summed E-state index contributed by atoms with van der Waals surface area (Å²) in [6.45, 7) is 2.34. The number of hydrogen-bond acceptors (Lipinski definition) is 5. The van der Waals surface area contributed by atoms with E-state index in [-0.39, 0.29) is 23.9 Å². The van der Waals surface area contributed by atoms with Gasteiger partial charge in [-0.15, -0.1) is 0 Å². The van der Waals surface area contributed by atoms with E-state index >= 15 is 0 Å². The molecule has 1 amide bonds. The van der Waals surface area contributed by atoms with Gasteiger partial charge in [0.2, 0.25) is 5.91 Å². The van der Waals surface area contributed by atoms with Crippen molar-refractivity contribution in [2.75, 3.05) is 19.4 Å². The van der Waals surface area contributed by atoms with Crippen molar-refractivity contribution in [2.24, 2.45) is 0 Å². The van der Waals surface area contributed by atoms with Crippen LogP contribution in [0.1, 0.15) is 23.7 Å². The Hall–Kier alpha value is -2.28. The summed E-state index contributed by atoms with van der Waals surface area (Å²) in [6.07, 6.45) is 0.989. The first-order valence-corrected chi connectivity index (χ1v) is 9.18. The quantitative estimate of drug-likeness (QED) is 0.798. The normalized spacial score (nSPS) is 15.7. The Kier molecular flexibility index (Phi) is 5.43. The van der Waals surface area contributed by atoms with Gasteiger partial charge in [-0.3, -0.25) is 14.2 Å². The first-order chi connectivity index (χ1) is 12.1. The van der Waals surface area contributed by atoms with Crippen molar-refractivity contribution in [2.45, 2.75) is 31.0 Å². The molecule has 7 heteroatoms. The predicted molar refractivity (Wildman–Crippen MR) is 97.3 cm³/mol. The van der Waals surface area contributed by atoms with Gasteiger partial charge in [-0.05, 0) is 25.0 Å². The molecule has 0 saturated heterocycles. The molecule has 1 aliphatic heterocycles. The van der Waals surface area contributed by atoms with Gasteiger partial charge in [0.25, 0.3) is 5.56 Å². The van der Waals surface area contributed by atoms with Crippen molar-refractivity contribution < 1.29 is 9.53 Å². The van der Waals surface area contributed by atoms with Gasteiger partial charge >= 0.3 is 0 Å². The molecular formula is C18H21N3O3S. The lowest BCUT2D eigenvalue weighted by atomic mass is 10.1. The van der Waals surface area contributed by atoms with Crippen LogP contribution in [0, 0.1) is 6.92 Å². The molecule has 1 aliphatic rings. The van der Waals surface area contributed by atoms with Gasteiger partial charge in [0.15, 0.2) is 5.16 Å². The largest absolute Gasteiger partial charge is 0.496 e. The first-order valence-electron chi connectivity index (χ1n) is 8.20. The average Bonchev–Trinajstić information content (AvgIpc) is 2.98. The van der Waals surface area contributed by atoms with E-state index in [1.165, 1.54) is 17.8 Å². The Labute approximate surface area is 150 Å². The molecular weight excluding hydrogens is 338 g/mol. The molecule has 0 spiro atoms. The summed E-state index contributed by atoms with van der Waals surface area (Å²) in [5, 5.41) is 3.64. The zero-order valence-electron chi connectivity index (χ0n) is 14.3. The van der Waals surface area contributed by atoms with Crippen LogP contribution in [0.5, 0.6) is 5.75 Å². The Balaban J connectivity index is 1.56. The van der Waals surface area contributed by atoms with E-state index in [4.69, 9.17) is 4.74 Å². The van der Waals surface area contributed by atoms with Crippen LogP contribution < -0.4 is 15.6 Å². The van der Waals surface area contributed by atoms with Crippen LogP contribution in [0.15, 0.2) is 40.3 Å². The number of fused-ring (bicyclic) bond motifs is 1. The molecule has 0 bridgehead atoms. The summed E-state index contributed by atoms with van der Waals surface area (Å²) in [4.78, 5) is 28.8. The minimum atomic E-state index is -0.133. The molecule has 1 N–H and O–H groups in total. The number of carbonyl (C=O) groups excluding carboxylic acids is 1. The maximum absolute atomic E-state index is 12.2. The van der Waals surface area contributed by atoms with Gasteiger partial charge in [-0.1, -0.05) is 30.0 Å². The van der Waals surface area contributed by atoms with Gasteiger partial charge in [0.05, 0.1) is 13.2 Å². The summed E-state index contributed by atoms with van der Waals surface area (Å²) in [5.74, 6) is 1.47. The second-order valence-electron chi connectivity index (χ2n) is 5.97. The zero-order chi connectivity index (χ0) is 17.8. The van der Waals surface area contributed by atoms with E-state index in [0.717, 1.165) is 11.3 Å². The summed E-state index contributed by atoms with van der Waals surface area (Å²) in [7, 11) is 1.64. The number of para-hydroxylation sites is 1. The van der Waals surface area contributed by atoms with Crippen molar-refractivity contribution in [3.05, 3.63) is 51.9 Å². The van der Waals surface area contributed by atoms with Crippen molar-refractivity contribution in [1.29, 1.82) is 0 Å². The number of ether oxygens (including phenoxy) is 1. The van der Waals surface area contributed by atoms with Crippen molar-refractivity contribution in [3.8, 4) is 5.75 Å². The Morgan fingerprint density at radius 3 is 3.04 bits per heavy atom. The highest BCUT2D eigenvalue weighted by Crippen LogP contribution is 2.31. The number of benzene rings is 1. The van der Waals surface area contributed by atoms with Gasteiger partial charge in [0, 0.05) is 30.5 Å². The standard InChI is InChI=1S/C18H21N3O3S/c1-12-9-17(23)21-14(11-25-18(21)20-12)10-16(22)19-8-7-13-5-3-4-6-15(13)24-2/h3-6,9,14H,7-8,10-11H2,1-2H3,(H,19,22)/t14-/m1/s1. The monoisotopic (exact) mass is 359 g/mol. The van der Waals surface area contributed by atoms with Crippen LogP contribution in [-0.2, 0) is 11.2 Å². The fourth-order valence-corrected chi connectivity index (χ4v) is 4.14. The van der Waals surface area contributed by atoms with E-state index in [1.54, 1.807) is 18.6 Å². The number of nitrogens with one attached hydrogen (secondary N) is 1. The van der Waals surface area contributed by atoms with Gasteiger partial charge in [-0.2, -0.15) is 0 Å². The minimum absolute atomic E-state index is 0.0548. The molecule has 0 fully saturated rings. The maximum Gasteiger partial charge on any atom is 0.254 e. The van der Waals surface area contributed by atoms with Crippen LogP contribution in [0.2, 0.25) is 0 Å². The number of thioether (sulfide) groups is 1. The molecule has 1 aromatic carbocycles. The molecule has 1 aromatic heterocycles. The van der Waals surface area contributed by atoms with Crippen LogP contribution in [0.4, 0.5) is 0 Å². The zero-order valence-corrected chi connectivity index (χ0v) is 15.1. The van der Waals surface area contributed by atoms with Crippen LogP contribution >= 0.6 is 11.8 Å². The number of nitrogens with zero attached hydrogens (tertiary/aromatic N) is 2. The highest BCUT2D eigenvalue weighted by Gasteiger charge is 2.27. The average molecular weight is 359 g/mol. The topological polar surface area (TPSA) is 73.2 Å². The molecule has 25 heavy (non-hydrogen) atoms. The molecule has 0 aliphatic carbocycles. The van der Waals surface area contributed by atoms with Crippen molar-refractivity contribution in [1.82, 2.24) is 14.9 Å². The molecule has 0 saturated carbocycles. The fraction of sp³-hybridized carbons (Fsp3) is 0.389. The van der Waals surface area contributed by atoms with E-state index in [0.29, 0.717) is 29.6 Å². The number of amides is 1. The van der Waals surface area contributed by atoms with Crippen LogP contribution in [0.25, 0.3) is 0 Å². The Morgan fingerprint density at radius 2 is 2.24 bits per heavy atom. The van der Waals surface area contributed by atoms with Gasteiger partial charge < -0.3 is 10.1 Å². The maximum atomic E-state index is 12.2. The molecule has 132 valence electrons. The van der Waals surface area contributed by atoms with E-state index in [2.05, 4.69) is 10.3 Å². The summed E-state index contributed by atoms with van der Waals surface area (Å²) >= 11 is 1.53. The first kappa shape index (κ1) is 17.5. The fourth-order valence-electron chi connectivity index (χ4n) is 2.95. The summed E-state index contributed by atoms with van der Waals surface area (Å²) in [5.41, 5.74) is 1.69. The Morgan fingerprint density at radius 1 is 1.44 bits per heavy atom. The molecule has 1 atom stereocenters. The third-order valence-electron chi connectivity index (χ3n) is 4.15. The van der Waals surface area contributed by atoms with Gasteiger partial charge in [0.1, 0.15) is 5.75 Å². The van der Waals surface area contributed by atoms with E-state index in [1.807, 2.05) is 24.3 Å². The summed E-state index contributed by atoms with van der Waals surface area (Å²) in [6, 6.07) is 9.15. The molecule has 2 aromatic rings. The summed E-state index contributed by atoms with van der Waals surface area (Å²) < 4.78 is 6.95. The second kappa shape index (κ2) is 7.74. The van der Waals surface area contributed by atoms with Gasteiger partial charge in [-0.25, -0.2) is 4.98 Å². The number of carbonyl (C=O) groups is 1. The lowest BCUT2D eigenvalue weighted by molar-refractivity contribution is -0.121. The lowest BCUT2D eigenvalue weighted by Gasteiger charge is -2.13. The number of methoxy groups -OCH3 is 1. The molecule has 3 rings (SSSR count). The van der Waals surface area contributed by atoms with E-state index in [9.17, 15) is 9.59 Å². The molecule has 6 nitrogen and oxygen atoms in total. The third-order valence-corrected chi connectivity index (χ3v) is 5.25. The van der Waals surface area contributed by atoms with Crippen molar-refractivity contribution >= 4 is 17.7 Å². The smallest absolute Gasteiger partial charge is 0.254 e. The van der Waals surface area contributed by atoms with Crippen molar-refractivity contribution in [3.63, 3.8) is 0 Å².